The molecule has 1 aromatic carbocycles. The van der Waals surface area contributed by atoms with Gasteiger partial charge in [-0.1, -0.05) is 13.0 Å². The van der Waals surface area contributed by atoms with E-state index in [1.165, 1.54) is 12.1 Å². The van der Waals surface area contributed by atoms with Crippen molar-refractivity contribution in [1.82, 2.24) is 0 Å². The van der Waals surface area contributed by atoms with Gasteiger partial charge in [0.25, 0.3) is 0 Å². The summed E-state index contributed by atoms with van der Waals surface area (Å²) in [4.78, 5) is 0. The molecule has 0 aliphatic heterocycles. The van der Waals surface area contributed by atoms with Gasteiger partial charge in [0, 0.05) is 0 Å². The Morgan fingerprint density at radius 1 is 1.36 bits per heavy atom. The molecule has 0 heterocycles. The van der Waals surface area contributed by atoms with Gasteiger partial charge < -0.3 is 0 Å². The average molecular weight is 193 g/mol. The molecule has 1 aliphatic rings. The smallest absolute Gasteiger partial charge is 0.176 e. The van der Waals surface area contributed by atoms with E-state index in [9.17, 15) is 8.78 Å². The summed E-state index contributed by atoms with van der Waals surface area (Å²) in [6, 6.07) is 4.48. The standard InChI is InChI=1S/C11H9F2N/c1-6-4-9(6)8-3-2-7(5-14)10(12)11(8)13/h2-3,6,9H,4H2,1H3/t6-,9-/m0/s1. The monoisotopic (exact) mass is 193 g/mol. The zero-order valence-corrected chi connectivity index (χ0v) is 7.72. The summed E-state index contributed by atoms with van der Waals surface area (Å²) in [5.41, 5.74) is 0.188. The molecule has 1 aromatic rings. The fraction of sp³-hybridized carbons (Fsp3) is 0.364. The lowest BCUT2D eigenvalue weighted by Gasteiger charge is -2.03. The minimum Gasteiger partial charge on any atom is -0.203 e. The van der Waals surface area contributed by atoms with E-state index in [-0.39, 0.29) is 11.5 Å². The normalized spacial score (nSPS) is 24.4. The van der Waals surface area contributed by atoms with E-state index in [0.717, 1.165) is 6.42 Å². The Morgan fingerprint density at radius 2 is 2.00 bits per heavy atom. The highest BCUT2D eigenvalue weighted by atomic mass is 19.2. The molecule has 0 radical (unpaired) electrons. The van der Waals surface area contributed by atoms with E-state index in [1.807, 2.05) is 6.92 Å². The molecule has 72 valence electrons. The third-order valence-corrected chi connectivity index (χ3v) is 2.74. The summed E-state index contributed by atoms with van der Waals surface area (Å²) in [6.45, 7) is 2.00. The summed E-state index contributed by atoms with van der Waals surface area (Å²) in [7, 11) is 0. The fourth-order valence-corrected chi connectivity index (χ4v) is 1.69. The first-order chi connectivity index (χ1) is 6.65. The van der Waals surface area contributed by atoms with Gasteiger partial charge in [-0.15, -0.1) is 0 Å². The first-order valence-electron chi connectivity index (χ1n) is 4.53. The lowest BCUT2D eigenvalue weighted by Crippen LogP contribution is -1.96. The van der Waals surface area contributed by atoms with Crippen molar-refractivity contribution >= 4 is 0 Å². The van der Waals surface area contributed by atoms with Crippen molar-refractivity contribution in [1.29, 1.82) is 5.26 Å². The van der Waals surface area contributed by atoms with Gasteiger partial charge in [0.05, 0.1) is 5.56 Å². The lowest BCUT2D eigenvalue weighted by atomic mass is 10.1. The summed E-state index contributed by atoms with van der Waals surface area (Å²) >= 11 is 0. The van der Waals surface area contributed by atoms with Crippen LogP contribution in [-0.2, 0) is 0 Å². The van der Waals surface area contributed by atoms with Crippen LogP contribution in [0.1, 0.15) is 30.4 Å². The van der Waals surface area contributed by atoms with Crippen LogP contribution in [0.25, 0.3) is 0 Å². The zero-order chi connectivity index (χ0) is 10.3. The molecule has 0 amide bonds. The van der Waals surface area contributed by atoms with Crippen LogP contribution in [0.4, 0.5) is 8.78 Å². The average Bonchev–Trinajstić information content (AvgIpc) is 2.87. The molecule has 1 saturated carbocycles. The number of hydrogen-bond acceptors (Lipinski definition) is 1. The van der Waals surface area contributed by atoms with Crippen LogP contribution in [-0.4, -0.2) is 0 Å². The summed E-state index contributed by atoms with van der Waals surface area (Å²) in [5.74, 6) is -1.29. The molecule has 0 unspecified atom stereocenters. The molecule has 3 heteroatoms. The molecule has 0 saturated heterocycles. The topological polar surface area (TPSA) is 23.8 Å². The molecule has 2 rings (SSSR count). The van der Waals surface area contributed by atoms with E-state index < -0.39 is 11.6 Å². The molecule has 2 atom stereocenters. The second-order valence-electron chi connectivity index (χ2n) is 3.76. The maximum atomic E-state index is 13.4. The molecule has 0 N–H and O–H groups in total. The van der Waals surface area contributed by atoms with Crippen LogP contribution >= 0.6 is 0 Å². The van der Waals surface area contributed by atoms with E-state index in [2.05, 4.69) is 0 Å². The second kappa shape index (κ2) is 3.06. The molecular weight excluding hydrogens is 184 g/mol. The van der Waals surface area contributed by atoms with Crippen molar-refractivity contribution in [3.8, 4) is 6.07 Å². The van der Waals surface area contributed by atoms with Crippen LogP contribution in [0.15, 0.2) is 12.1 Å². The van der Waals surface area contributed by atoms with Crippen LogP contribution in [0, 0.1) is 28.9 Å². The molecule has 0 aromatic heterocycles. The maximum absolute atomic E-state index is 13.4. The third kappa shape index (κ3) is 1.27. The first-order valence-corrected chi connectivity index (χ1v) is 4.53. The van der Waals surface area contributed by atoms with Gasteiger partial charge in [0.2, 0.25) is 0 Å². The predicted octanol–water partition coefficient (Wildman–Crippen LogP) is 2.96. The van der Waals surface area contributed by atoms with Gasteiger partial charge in [0.1, 0.15) is 6.07 Å². The molecule has 1 aliphatic carbocycles. The van der Waals surface area contributed by atoms with Crippen molar-refractivity contribution in [3.05, 3.63) is 34.9 Å². The van der Waals surface area contributed by atoms with Crippen molar-refractivity contribution in [2.45, 2.75) is 19.3 Å². The second-order valence-corrected chi connectivity index (χ2v) is 3.76. The number of hydrogen-bond donors (Lipinski definition) is 0. The van der Waals surface area contributed by atoms with Crippen molar-refractivity contribution < 1.29 is 8.78 Å². The van der Waals surface area contributed by atoms with E-state index >= 15 is 0 Å². The highest BCUT2D eigenvalue weighted by Gasteiger charge is 2.36. The van der Waals surface area contributed by atoms with Crippen LogP contribution < -0.4 is 0 Å². The van der Waals surface area contributed by atoms with Gasteiger partial charge >= 0.3 is 0 Å². The minimum absolute atomic E-state index is 0.136. The Balaban J connectivity index is 2.46. The molecule has 0 spiro atoms. The zero-order valence-electron chi connectivity index (χ0n) is 7.72. The van der Waals surface area contributed by atoms with E-state index in [4.69, 9.17) is 5.26 Å². The molecule has 14 heavy (non-hydrogen) atoms. The van der Waals surface area contributed by atoms with Gasteiger partial charge in [-0.25, -0.2) is 8.78 Å². The third-order valence-electron chi connectivity index (χ3n) is 2.74. The lowest BCUT2D eigenvalue weighted by molar-refractivity contribution is 0.495. The maximum Gasteiger partial charge on any atom is 0.176 e. The van der Waals surface area contributed by atoms with Crippen molar-refractivity contribution in [2.24, 2.45) is 5.92 Å². The largest absolute Gasteiger partial charge is 0.203 e. The number of halogens is 2. The highest BCUT2D eigenvalue weighted by Crippen LogP contribution is 2.48. The molecular formula is C11H9F2N. The molecule has 1 fully saturated rings. The molecule has 0 bridgehead atoms. The number of benzene rings is 1. The Labute approximate surface area is 81.0 Å². The first kappa shape index (κ1) is 9.14. The predicted molar refractivity (Wildman–Crippen MR) is 47.6 cm³/mol. The van der Waals surface area contributed by atoms with Gasteiger partial charge in [-0.05, 0) is 29.9 Å². The van der Waals surface area contributed by atoms with Gasteiger partial charge in [-0.3, -0.25) is 0 Å². The Bertz CT molecular complexity index is 420. The summed E-state index contributed by atoms with van der Waals surface area (Å²) in [5, 5.41) is 8.48. The summed E-state index contributed by atoms with van der Waals surface area (Å²) < 4.78 is 26.6. The van der Waals surface area contributed by atoms with E-state index in [1.54, 1.807) is 6.07 Å². The minimum atomic E-state index is -1.01. The Hall–Kier alpha value is -1.43. The number of nitrogens with zero attached hydrogens (tertiary/aromatic N) is 1. The van der Waals surface area contributed by atoms with E-state index in [0.29, 0.717) is 11.5 Å². The van der Waals surface area contributed by atoms with Gasteiger partial charge in [-0.2, -0.15) is 5.26 Å². The number of nitriles is 1. The Kier molecular flexibility index (Phi) is 1.99. The van der Waals surface area contributed by atoms with Crippen molar-refractivity contribution in [3.63, 3.8) is 0 Å². The van der Waals surface area contributed by atoms with Gasteiger partial charge in [0.15, 0.2) is 11.6 Å². The quantitative estimate of drug-likeness (QED) is 0.672. The Morgan fingerprint density at radius 3 is 2.50 bits per heavy atom. The number of rotatable bonds is 1. The van der Waals surface area contributed by atoms with Crippen LogP contribution in [0.3, 0.4) is 0 Å². The fourth-order valence-electron chi connectivity index (χ4n) is 1.69. The van der Waals surface area contributed by atoms with Crippen molar-refractivity contribution in [2.75, 3.05) is 0 Å². The SMILES string of the molecule is C[C@H]1C[C@@H]1c1ccc(C#N)c(F)c1F. The van der Waals surface area contributed by atoms with Crippen LogP contribution in [0.2, 0.25) is 0 Å². The van der Waals surface area contributed by atoms with Crippen LogP contribution in [0.5, 0.6) is 0 Å². The molecule has 1 nitrogen and oxygen atoms in total. The highest BCUT2D eigenvalue weighted by molar-refractivity contribution is 5.37. The summed E-state index contributed by atoms with van der Waals surface area (Å²) in [6.07, 6.45) is 0.905.